The van der Waals surface area contributed by atoms with E-state index in [2.05, 4.69) is 4.98 Å². The molecule has 0 saturated heterocycles. The third-order valence-electron chi connectivity index (χ3n) is 5.96. The van der Waals surface area contributed by atoms with Crippen LogP contribution in [0, 0.1) is 11.7 Å². The number of nitrogens with zero attached hydrogens (tertiary/aromatic N) is 1. The Hall–Kier alpha value is -1.78. The molecule has 1 aromatic carbocycles. The monoisotopic (exact) mass is 386 g/mol. The number of aromatic nitrogens is 1. The Labute approximate surface area is 164 Å². The van der Waals surface area contributed by atoms with Crippen LogP contribution in [0.5, 0.6) is 0 Å². The number of ketones is 1. The highest BCUT2D eigenvalue weighted by Crippen LogP contribution is 2.43. The highest BCUT2D eigenvalue weighted by molar-refractivity contribution is 6.30. The molecule has 27 heavy (non-hydrogen) atoms. The number of nitrogens with two attached hydrogens (primary N) is 1. The van der Waals surface area contributed by atoms with Crippen molar-refractivity contribution in [3.05, 3.63) is 63.7 Å². The minimum absolute atomic E-state index is 0.00944. The zero-order chi connectivity index (χ0) is 19.0. The number of Topliss-reactive ketones (excluding diaryl/α,β-unsaturated/α-hetero) is 1. The maximum absolute atomic E-state index is 13.4. The molecule has 142 valence electrons. The van der Waals surface area contributed by atoms with Crippen molar-refractivity contribution in [2.45, 2.75) is 56.9 Å². The number of carbonyl (C=O) groups excluding carboxylic acids is 1. The van der Waals surface area contributed by atoms with E-state index in [4.69, 9.17) is 17.3 Å². The van der Waals surface area contributed by atoms with Gasteiger partial charge in [-0.25, -0.2) is 9.37 Å². The van der Waals surface area contributed by atoms with Crippen molar-refractivity contribution in [2.75, 3.05) is 0 Å². The lowest BCUT2D eigenvalue weighted by molar-refractivity contribution is 0.0877. The summed E-state index contributed by atoms with van der Waals surface area (Å²) in [7, 11) is 0. The van der Waals surface area contributed by atoms with Crippen LogP contribution in [0.15, 0.2) is 30.3 Å². The zero-order valence-corrected chi connectivity index (χ0v) is 16.0. The largest absolute Gasteiger partial charge is 0.325 e. The summed E-state index contributed by atoms with van der Waals surface area (Å²) in [5.41, 5.74) is 9.32. The Balaban J connectivity index is 1.48. The Kier molecular flexibility index (Phi) is 5.29. The maximum Gasteiger partial charge on any atom is 0.184 e. The summed E-state index contributed by atoms with van der Waals surface area (Å²) in [5, 5.41) is 0.169. The van der Waals surface area contributed by atoms with Gasteiger partial charge >= 0.3 is 0 Å². The van der Waals surface area contributed by atoms with Gasteiger partial charge in [0.15, 0.2) is 5.78 Å². The molecule has 2 aliphatic rings. The second-order valence-corrected chi connectivity index (χ2v) is 8.21. The Morgan fingerprint density at radius 2 is 1.78 bits per heavy atom. The molecule has 0 atom stereocenters. The lowest BCUT2D eigenvalue weighted by Gasteiger charge is -2.28. The van der Waals surface area contributed by atoms with E-state index >= 15 is 0 Å². The van der Waals surface area contributed by atoms with Gasteiger partial charge in [0, 0.05) is 12.5 Å². The van der Waals surface area contributed by atoms with E-state index in [-0.39, 0.29) is 22.5 Å². The fraction of sp³-hybridized carbons (Fsp3) is 0.455. The standard InChI is InChI=1S/C22H24ClFN2O/c23-19-11-16(7-10-20(19)24)13-1-5-15(6-2-13)22(27)21-18(14-3-4-14)9-8-17(12-25)26-21/h7-11,13-15H,1-6,12,25H2. The van der Waals surface area contributed by atoms with Gasteiger partial charge in [-0.2, -0.15) is 0 Å². The minimum Gasteiger partial charge on any atom is -0.325 e. The number of rotatable bonds is 5. The Morgan fingerprint density at radius 3 is 2.41 bits per heavy atom. The smallest absolute Gasteiger partial charge is 0.184 e. The first-order valence-corrected chi connectivity index (χ1v) is 10.1. The van der Waals surface area contributed by atoms with Crippen molar-refractivity contribution in [3.63, 3.8) is 0 Å². The Bertz CT molecular complexity index is 857. The second-order valence-electron chi connectivity index (χ2n) is 7.81. The van der Waals surface area contributed by atoms with Gasteiger partial charge in [0.05, 0.1) is 10.7 Å². The third-order valence-corrected chi connectivity index (χ3v) is 6.25. The van der Waals surface area contributed by atoms with Crippen molar-refractivity contribution in [3.8, 4) is 0 Å². The molecule has 2 N–H and O–H groups in total. The van der Waals surface area contributed by atoms with Gasteiger partial charge in [-0.3, -0.25) is 4.79 Å². The topological polar surface area (TPSA) is 56.0 Å². The summed E-state index contributed by atoms with van der Waals surface area (Å²) >= 11 is 5.93. The molecule has 2 aliphatic carbocycles. The van der Waals surface area contributed by atoms with Gasteiger partial charge < -0.3 is 5.73 Å². The van der Waals surface area contributed by atoms with Crippen LogP contribution in [0.2, 0.25) is 5.02 Å². The van der Waals surface area contributed by atoms with Crippen LogP contribution >= 0.6 is 11.6 Å². The van der Waals surface area contributed by atoms with E-state index < -0.39 is 0 Å². The van der Waals surface area contributed by atoms with Gasteiger partial charge in [-0.15, -0.1) is 0 Å². The number of benzene rings is 1. The predicted octanol–water partition coefficient (Wildman–Crippen LogP) is 5.37. The summed E-state index contributed by atoms with van der Waals surface area (Å²) in [4.78, 5) is 17.8. The summed E-state index contributed by atoms with van der Waals surface area (Å²) in [6, 6.07) is 8.96. The molecule has 1 heterocycles. The van der Waals surface area contributed by atoms with E-state index in [0.29, 0.717) is 24.1 Å². The van der Waals surface area contributed by atoms with Crippen LogP contribution in [0.1, 0.15) is 77.7 Å². The second kappa shape index (κ2) is 7.69. The van der Waals surface area contributed by atoms with Crippen molar-refractivity contribution >= 4 is 17.4 Å². The summed E-state index contributed by atoms with van der Waals surface area (Å²) in [6.45, 7) is 0.350. The van der Waals surface area contributed by atoms with E-state index in [1.54, 1.807) is 6.07 Å². The number of pyridine rings is 1. The fourth-order valence-corrected chi connectivity index (χ4v) is 4.38. The SMILES string of the molecule is NCc1ccc(C2CC2)c(C(=O)C2CCC(c3ccc(F)c(Cl)c3)CC2)n1. The molecule has 0 radical (unpaired) electrons. The molecular formula is C22H24ClFN2O. The molecule has 0 bridgehead atoms. The first kappa shape index (κ1) is 18.6. The molecular weight excluding hydrogens is 363 g/mol. The van der Waals surface area contributed by atoms with Crippen LogP contribution in [0.4, 0.5) is 4.39 Å². The number of carbonyl (C=O) groups is 1. The molecule has 4 rings (SSSR count). The maximum atomic E-state index is 13.4. The van der Waals surface area contributed by atoms with Crippen LogP contribution in [0.25, 0.3) is 0 Å². The molecule has 0 unspecified atom stereocenters. The quantitative estimate of drug-likeness (QED) is 0.703. The van der Waals surface area contributed by atoms with E-state index in [9.17, 15) is 9.18 Å². The van der Waals surface area contributed by atoms with E-state index in [0.717, 1.165) is 55.3 Å². The molecule has 0 spiro atoms. The molecule has 0 amide bonds. The van der Waals surface area contributed by atoms with Gasteiger partial charge in [0.2, 0.25) is 0 Å². The Morgan fingerprint density at radius 1 is 1.07 bits per heavy atom. The van der Waals surface area contributed by atoms with Crippen molar-refractivity contribution in [2.24, 2.45) is 11.7 Å². The van der Waals surface area contributed by atoms with Crippen LogP contribution < -0.4 is 5.73 Å². The number of halogens is 2. The minimum atomic E-state index is -0.386. The van der Waals surface area contributed by atoms with E-state index in [1.165, 1.54) is 6.07 Å². The van der Waals surface area contributed by atoms with Gasteiger partial charge in [-0.05, 0) is 79.7 Å². The number of hydrogen-bond acceptors (Lipinski definition) is 3. The first-order valence-electron chi connectivity index (χ1n) is 9.76. The summed E-state index contributed by atoms with van der Waals surface area (Å²) < 4.78 is 13.4. The van der Waals surface area contributed by atoms with Gasteiger partial charge in [-0.1, -0.05) is 23.7 Å². The van der Waals surface area contributed by atoms with Crippen molar-refractivity contribution < 1.29 is 9.18 Å². The van der Waals surface area contributed by atoms with Crippen molar-refractivity contribution in [1.29, 1.82) is 0 Å². The third kappa shape index (κ3) is 3.92. The molecule has 5 heteroatoms. The molecule has 1 aromatic heterocycles. The highest BCUT2D eigenvalue weighted by Gasteiger charge is 2.33. The predicted molar refractivity (Wildman–Crippen MR) is 105 cm³/mol. The van der Waals surface area contributed by atoms with Crippen LogP contribution in [-0.4, -0.2) is 10.8 Å². The average Bonchev–Trinajstić information content (AvgIpc) is 3.54. The van der Waals surface area contributed by atoms with E-state index in [1.807, 2.05) is 18.2 Å². The van der Waals surface area contributed by atoms with Crippen LogP contribution in [0.3, 0.4) is 0 Å². The molecule has 2 fully saturated rings. The fourth-order valence-electron chi connectivity index (χ4n) is 4.19. The van der Waals surface area contributed by atoms with Gasteiger partial charge in [0.1, 0.15) is 11.5 Å². The summed E-state index contributed by atoms with van der Waals surface area (Å²) in [6.07, 6.45) is 5.76. The molecule has 3 nitrogen and oxygen atoms in total. The highest BCUT2D eigenvalue weighted by atomic mass is 35.5. The normalized spacial score (nSPS) is 22.6. The zero-order valence-electron chi connectivity index (χ0n) is 15.3. The summed E-state index contributed by atoms with van der Waals surface area (Å²) in [5.74, 6) is 0.611. The van der Waals surface area contributed by atoms with Crippen LogP contribution in [-0.2, 0) is 6.54 Å². The molecule has 2 aromatic rings. The first-order chi connectivity index (χ1) is 13.1. The molecule has 2 saturated carbocycles. The van der Waals surface area contributed by atoms with Gasteiger partial charge in [0.25, 0.3) is 0 Å². The average molecular weight is 387 g/mol. The molecule has 0 aliphatic heterocycles. The lowest BCUT2D eigenvalue weighted by atomic mass is 9.76. The lowest BCUT2D eigenvalue weighted by Crippen LogP contribution is -2.23. The van der Waals surface area contributed by atoms with Crippen molar-refractivity contribution in [1.82, 2.24) is 4.98 Å². The number of hydrogen-bond donors (Lipinski definition) is 1.